The van der Waals surface area contributed by atoms with Crippen LogP contribution in [0.15, 0.2) is 39.5 Å². The molecule has 2 aromatic heterocycles. The molecule has 80 valence electrons. The van der Waals surface area contributed by atoms with Gasteiger partial charge in [-0.1, -0.05) is 5.16 Å². The van der Waals surface area contributed by atoms with Gasteiger partial charge in [-0.2, -0.15) is 0 Å². The summed E-state index contributed by atoms with van der Waals surface area (Å²) >= 11 is 0. The summed E-state index contributed by atoms with van der Waals surface area (Å²) in [5, 5.41) is 4.74. The van der Waals surface area contributed by atoms with E-state index in [1.165, 1.54) is 0 Å². The van der Waals surface area contributed by atoms with E-state index < -0.39 is 0 Å². The first-order valence-corrected chi connectivity index (χ1v) is 4.94. The predicted octanol–water partition coefficient (Wildman–Crippen LogP) is 2.98. The zero-order chi connectivity index (χ0) is 11.1. The fourth-order valence-corrected chi connectivity index (χ4v) is 1.73. The van der Waals surface area contributed by atoms with Gasteiger partial charge in [0, 0.05) is 17.0 Å². The average molecular weight is 214 g/mol. The molecule has 0 amide bonds. The standard InChI is InChI=1S/C12H10N2O2/c1-7-6-15-10-3-2-8(4-9(7)10)11-5-12(13)14-16-11/h2-6H,1H3,(H2,13,14). The Kier molecular flexibility index (Phi) is 1.77. The molecule has 0 unspecified atom stereocenters. The maximum absolute atomic E-state index is 5.52. The first-order chi connectivity index (χ1) is 7.74. The number of aryl methyl sites for hydroxylation is 1. The summed E-state index contributed by atoms with van der Waals surface area (Å²) in [6.07, 6.45) is 1.74. The van der Waals surface area contributed by atoms with Gasteiger partial charge in [0.25, 0.3) is 0 Å². The molecule has 0 atom stereocenters. The fourth-order valence-electron chi connectivity index (χ4n) is 1.73. The van der Waals surface area contributed by atoms with Gasteiger partial charge in [-0.05, 0) is 30.7 Å². The quantitative estimate of drug-likeness (QED) is 0.676. The van der Waals surface area contributed by atoms with Crippen molar-refractivity contribution in [2.24, 2.45) is 0 Å². The van der Waals surface area contributed by atoms with Crippen LogP contribution in [0.25, 0.3) is 22.3 Å². The minimum absolute atomic E-state index is 0.388. The van der Waals surface area contributed by atoms with Crippen molar-refractivity contribution in [2.75, 3.05) is 5.73 Å². The highest BCUT2D eigenvalue weighted by Crippen LogP contribution is 2.28. The maximum atomic E-state index is 5.52. The second-order valence-electron chi connectivity index (χ2n) is 3.75. The van der Waals surface area contributed by atoms with E-state index in [1.807, 2.05) is 25.1 Å². The van der Waals surface area contributed by atoms with E-state index in [0.29, 0.717) is 11.6 Å². The summed E-state index contributed by atoms with van der Waals surface area (Å²) in [4.78, 5) is 0. The Bertz CT molecular complexity index is 652. The Morgan fingerprint density at radius 1 is 1.25 bits per heavy atom. The van der Waals surface area contributed by atoms with E-state index in [4.69, 9.17) is 14.7 Å². The molecule has 0 bridgehead atoms. The van der Waals surface area contributed by atoms with Gasteiger partial charge in [0.1, 0.15) is 5.58 Å². The largest absolute Gasteiger partial charge is 0.464 e. The Morgan fingerprint density at radius 3 is 2.88 bits per heavy atom. The number of aromatic nitrogens is 1. The maximum Gasteiger partial charge on any atom is 0.169 e. The summed E-state index contributed by atoms with van der Waals surface area (Å²) in [6, 6.07) is 7.55. The van der Waals surface area contributed by atoms with Crippen LogP contribution in [-0.4, -0.2) is 5.16 Å². The Hall–Kier alpha value is -2.23. The molecule has 0 aliphatic rings. The SMILES string of the molecule is Cc1coc2ccc(-c3cc(N)no3)cc12. The third kappa shape index (κ3) is 1.27. The molecule has 0 saturated carbocycles. The molecule has 4 nitrogen and oxygen atoms in total. The Morgan fingerprint density at radius 2 is 2.12 bits per heavy atom. The number of nitrogens with zero attached hydrogens (tertiary/aromatic N) is 1. The lowest BCUT2D eigenvalue weighted by molar-refractivity contribution is 0.436. The van der Waals surface area contributed by atoms with E-state index in [1.54, 1.807) is 12.3 Å². The molecule has 3 rings (SSSR count). The molecular formula is C12H10N2O2. The first kappa shape index (κ1) is 9.03. The van der Waals surface area contributed by atoms with Gasteiger partial charge in [0.2, 0.25) is 0 Å². The molecule has 0 saturated heterocycles. The number of rotatable bonds is 1. The van der Waals surface area contributed by atoms with Crippen LogP contribution in [0.5, 0.6) is 0 Å². The zero-order valence-corrected chi connectivity index (χ0v) is 8.73. The first-order valence-electron chi connectivity index (χ1n) is 4.94. The highest BCUT2D eigenvalue weighted by atomic mass is 16.5. The molecule has 0 aliphatic heterocycles. The van der Waals surface area contributed by atoms with Crippen LogP contribution in [0.2, 0.25) is 0 Å². The van der Waals surface area contributed by atoms with Crippen LogP contribution in [0.1, 0.15) is 5.56 Å². The fraction of sp³-hybridized carbons (Fsp3) is 0.0833. The second kappa shape index (κ2) is 3.13. The molecule has 1 aromatic carbocycles. The van der Waals surface area contributed by atoms with E-state index in [9.17, 15) is 0 Å². The number of furan rings is 1. The molecule has 16 heavy (non-hydrogen) atoms. The van der Waals surface area contributed by atoms with Crippen LogP contribution in [-0.2, 0) is 0 Å². The summed E-state index contributed by atoms with van der Waals surface area (Å²) in [5.74, 6) is 1.05. The lowest BCUT2D eigenvalue weighted by Crippen LogP contribution is -1.80. The molecule has 0 fully saturated rings. The van der Waals surface area contributed by atoms with Gasteiger partial charge in [-0.3, -0.25) is 0 Å². The third-order valence-corrected chi connectivity index (χ3v) is 2.58. The third-order valence-electron chi connectivity index (χ3n) is 2.58. The van der Waals surface area contributed by atoms with Crippen molar-refractivity contribution in [1.29, 1.82) is 0 Å². The lowest BCUT2D eigenvalue weighted by Gasteiger charge is -1.95. The molecule has 0 aliphatic carbocycles. The summed E-state index contributed by atoms with van der Waals surface area (Å²) in [5.41, 5.74) is 8.43. The normalized spacial score (nSPS) is 11.1. The number of nitrogen functional groups attached to an aromatic ring is 1. The van der Waals surface area contributed by atoms with Crippen LogP contribution < -0.4 is 5.73 Å². The number of nitrogens with two attached hydrogens (primary N) is 1. The van der Waals surface area contributed by atoms with Crippen molar-refractivity contribution in [3.63, 3.8) is 0 Å². The van der Waals surface area contributed by atoms with Crippen molar-refractivity contribution in [3.8, 4) is 11.3 Å². The van der Waals surface area contributed by atoms with Crippen molar-refractivity contribution in [1.82, 2.24) is 5.16 Å². The zero-order valence-electron chi connectivity index (χ0n) is 8.73. The van der Waals surface area contributed by atoms with Crippen LogP contribution in [0.3, 0.4) is 0 Å². The van der Waals surface area contributed by atoms with Crippen molar-refractivity contribution in [3.05, 3.63) is 36.1 Å². The van der Waals surface area contributed by atoms with Gasteiger partial charge < -0.3 is 14.7 Å². The van der Waals surface area contributed by atoms with Crippen molar-refractivity contribution < 1.29 is 8.94 Å². The lowest BCUT2D eigenvalue weighted by atomic mass is 10.1. The number of hydrogen-bond acceptors (Lipinski definition) is 4. The number of fused-ring (bicyclic) bond motifs is 1. The van der Waals surface area contributed by atoms with Gasteiger partial charge in [0.15, 0.2) is 11.6 Å². The summed E-state index contributed by atoms with van der Waals surface area (Å²) < 4.78 is 10.5. The molecule has 2 heterocycles. The topological polar surface area (TPSA) is 65.2 Å². The Balaban J connectivity index is 2.21. The summed E-state index contributed by atoms with van der Waals surface area (Å²) in [6.45, 7) is 2.00. The molecule has 4 heteroatoms. The average Bonchev–Trinajstić information content (AvgIpc) is 2.86. The Labute approximate surface area is 91.6 Å². The van der Waals surface area contributed by atoms with E-state index in [-0.39, 0.29) is 0 Å². The van der Waals surface area contributed by atoms with Crippen LogP contribution in [0, 0.1) is 6.92 Å². The van der Waals surface area contributed by atoms with Crippen molar-refractivity contribution in [2.45, 2.75) is 6.92 Å². The number of hydrogen-bond donors (Lipinski definition) is 1. The molecule has 0 radical (unpaired) electrons. The molecule has 3 aromatic rings. The molecule has 2 N–H and O–H groups in total. The van der Waals surface area contributed by atoms with E-state index >= 15 is 0 Å². The summed E-state index contributed by atoms with van der Waals surface area (Å²) in [7, 11) is 0. The van der Waals surface area contributed by atoms with Gasteiger partial charge in [0.05, 0.1) is 6.26 Å². The highest BCUT2D eigenvalue weighted by molar-refractivity contribution is 5.85. The minimum Gasteiger partial charge on any atom is -0.464 e. The monoisotopic (exact) mass is 214 g/mol. The minimum atomic E-state index is 0.388. The van der Waals surface area contributed by atoms with Gasteiger partial charge in [-0.15, -0.1) is 0 Å². The molecular weight excluding hydrogens is 204 g/mol. The number of anilines is 1. The van der Waals surface area contributed by atoms with Crippen molar-refractivity contribution >= 4 is 16.8 Å². The highest BCUT2D eigenvalue weighted by Gasteiger charge is 2.08. The van der Waals surface area contributed by atoms with E-state index in [2.05, 4.69) is 5.16 Å². The second-order valence-corrected chi connectivity index (χ2v) is 3.75. The van der Waals surface area contributed by atoms with Gasteiger partial charge in [-0.25, -0.2) is 0 Å². The van der Waals surface area contributed by atoms with Gasteiger partial charge >= 0.3 is 0 Å². The number of benzene rings is 1. The van der Waals surface area contributed by atoms with Crippen LogP contribution >= 0.6 is 0 Å². The van der Waals surface area contributed by atoms with E-state index in [0.717, 1.165) is 22.1 Å². The smallest absolute Gasteiger partial charge is 0.169 e. The molecule has 0 spiro atoms. The predicted molar refractivity (Wildman–Crippen MR) is 60.9 cm³/mol. The van der Waals surface area contributed by atoms with Crippen LogP contribution in [0.4, 0.5) is 5.82 Å².